The summed E-state index contributed by atoms with van der Waals surface area (Å²) in [6.07, 6.45) is 2.35. The molecule has 0 radical (unpaired) electrons. The summed E-state index contributed by atoms with van der Waals surface area (Å²) < 4.78 is 15.6. The Morgan fingerprint density at radius 1 is 1.35 bits per heavy atom. The van der Waals surface area contributed by atoms with Gasteiger partial charge in [0.15, 0.2) is 0 Å². The standard InChI is InChI=1S/C20H26FN3OS/c1-20(2,3)24-18(14-8-9-14)12-17(23-24)19(25)22-10-11-26-13-15-6-4-5-7-16(15)21/h4-7,12,14H,8-11,13H2,1-3H3,(H,22,25). The predicted molar refractivity (Wildman–Crippen MR) is 104 cm³/mol. The molecule has 1 heterocycles. The summed E-state index contributed by atoms with van der Waals surface area (Å²) in [6, 6.07) is 8.73. The van der Waals surface area contributed by atoms with Gasteiger partial charge in [0.2, 0.25) is 0 Å². The normalized spacial score (nSPS) is 14.5. The van der Waals surface area contributed by atoms with Crippen LogP contribution < -0.4 is 5.32 Å². The average Bonchev–Trinajstić information content (AvgIpc) is 3.32. The lowest BCUT2D eigenvalue weighted by Gasteiger charge is -2.22. The van der Waals surface area contributed by atoms with E-state index in [1.165, 1.54) is 18.9 Å². The molecule has 0 spiro atoms. The summed E-state index contributed by atoms with van der Waals surface area (Å²) in [5.74, 6) is 1.56. The van der Waals surface area contributed by atoms with Crippen molar-refractivity contribution < 1.29 is 9.18 Å². The van der Waals surface area contributed by atoms with Crippen LogP contribution in [0, 0.1) is 5.82 Å². The maximum absolute atomic E-state index is 13.6. The summed E-state index contributed by atoms with van der Waals surface area (Å²) in [7, 11) is 0. The zero-order chi connectivity index (χ0) is 18.7. The Balaban J connectivity index is 1.50. The zero-order valence-electron chi connectivity index (χ0n) is 15.6. The van der Waals surface area contributed by atoms with Crippen LogP contribution in [0.3, 0.4) is 0 Å². The highest BCUT2D eigenvalue weighted by Gasteiger charge is 2.32. The molecule has 1 N–H and O–H groups in total. The van der Waals surface area contributed by atoms with E-state index in [2.05, 4.69) is 31.2 Å². The third kappa shape index (κ3) is 4.67. The van der Waals surface area contributed by atoms with Crippen LogP contribution in [0.1, 0.15) is 61.3 Å². The van der Waals surface area contributed by atoms with Gasteiger partial charge in [-0.15, -0.1) is 0 Å². The van der Waals surface area contributed by atoms with Crippen molar-refractivity contribution in [3.8, 4) is 0 Å². The lowest BCUT2D eigenvalue weighted by molar-refractivity contribution is 0.0949. The van der Waals surface area contributed by atoms with Gasteiger partial charge in [0.25, 0.3) is 5.91 Å². The molecule has 1 amide bonds. The molecule has 140 valence electrons. The van der Waals surface area contributed by atoms with Gasteiger partial charge in [-0.2, -0.15) is 16.9 Å². The van der Waals surface area contributed by atoms with Gasteiger partial charge >= 0.3 is 0 Å². The maximum Gasteiger partial charge on any atom is 0.271 e. The van der Waals surface area contributed by atoms with Gasteiger partial charge in [0.05, 0.1) is 5.54 Å². The van der Waals surface area contributed by atoms with Gasteiger partial charge < -0.3 is 5.32 Å². The third-order valence-corrected chi connectivity index (χ3v) is 5.36. The predicted octanol–water partition coefficient (Wildman–Crippen LogP) is 4.32. The molecule has 1 saturated carbocycles. The number of rotatable bonds is 7. The van der Waals surface area contributed by atoms with Crippen LogP contribution >= 0.6 is 11.8 Å². The number of benzene rings is 1. The summed E-state index contributed by atoms with van der Waals surface area (Å²) in [5, 5.41) is 7.47. The number of aromatic nitrogens is 2. The van der Waals surface area contributed by atoms with Crippen LogP contribution in [-0.4, -0.2) is 28.0 Å². The Morgan fingerprint density at radius 2 is 2.08 bits per heavy atom. The van der Waals surface area contributed by atoms with Crippen molar-refractivity contribution in [1.82, 2.24) is 15.1 Å². The molecule has 26 heavy (non-hydrogen) atoms. The minimum atomic E-state index is -0.177. The highest BCUT2D eigenvalue weighted by molar-refractivity contribution is 7.98. The van der Waals surface area contributed by atoms with Gasteiger partial charge in [-0.3, -0.25) is 9.48 Å². The third-order valence-electron chi connectivity index (χ3n) is 4.35. The number of amides is 1. The molecule has 4 nitrogen and oxygen atoms in total. The van der Waals surface area contributed by atoms with E-state index in [1.807, 2.05) is 16.8 Å². The van der Waals surface area contributed by atoms with Crippen LogP contribution in [-0.2, 0) is 11.3 Å². The lowest BCUT2D eigenvalue weighted by atomic mass is 10.1. The summed E-state index contributed by atoms with van der Waals surface area (Å²) in [4.78, 5) is 12.4. The Bertz CT molecular complexity index is 778. The summed E-state index contributed by atoms with van der Waals surface area (Å²) in [5.41, 5.74) is 2.21. The van der Waals surface area contributed by atoms with Gasteiger partial charge in [-0.05, 0) is 51.3 Å². The van der Waals surface area contributed by atoms with E-state index in [0.29, 0.717) is 29.5 Å². The molecule has 0 unspecified atom stereocenters. The van der Waals surface area contributed by atoms with Gasteiger partial charge in [0.1, 0.15) is 11.5 Å². The van der Waals surface area contributed by atoms with Crippen molar-refractivity contribution in [2.24, 2.45) is 0 Å². The zero-order valence-corrected chi connectivity index (χ0v) is 16.4. The number of carbonyl (C=O) groups excluding carboxylic acids is 1. The van der Waals surface area contributed by atoms with E-state index >= 15 is 0 Å². The van der Waals surface area contributed by atoms with Crippen LogP contribution in [0.15, 0.2) is 30.3 Å². The minimum Gasteiger partial charge on any atom is -0.350 e. The second-order valence-corrected chi connectivity index (χ2v) is 8.82. The van der Waals surface area contributed by atoms with Gasteiger partial charge in [-0.25, -0.2) is 4.39 Å². The number of hydrogen-bond acceptors (Lipinski definition) is 3. The number of halogens is 1. The summed E-state index contributed by atoms with van der Waals surface area (Å²) in [6.45, 7) is 6.85. The Hall–Kier alpha value is -1.82. The molecular weight excluding hydrogens is 349 g/mol. The molecule has 1 fully saturated rings. The van der Waals surface area contributed by atoms with E-state index < -0.39 is 0 Å². The molecule has 0 aliphatic heterocycles. The van der Waals surface area contributed by atoms with Crippen molar-refractivity contribution in [1.29, 1.82) is 0 Å². The van der Waals surface area contributed by atoms with Gasteiger partial charge in [0, 0.05) is 29.7 Å². The molecule has 1 aromatic heterocycles. The molecule has 1 aromatic carbocycles. The van der Waals surface area contributed by atoms with Crippen molar-refractivity contribution in [2.45, 2.75) is 50.8 Å². The molecule has 0 atom stereocenters. The van der Waals surface area contributed by atoms with Crippen LogP contribution in [0.5, 0.6) is 0 Å². The molecular formula is C20H26FN3OS. The fraction of sp³-hybridized carbons (Fsp3) is 0.500. The van der Waals surface area contributed by atoms with E-state index in [9.17, 15) is 9.18 Å². The highest BCUT2D eigenvalue weighted by Crippen LogP contribution is 2.41. The molecule has 3 rings (SSSR count). The van der Waals surface area contributed by atoms with Crippen LogP contribution in [0.2, 0.25) is 0 Å². The monoisotopic (exact) mass is 375 g/mol. The molecule has 0 bridgehead atoms. The molecule has 1 aliphatic rings. The first-order valence-electron chi connectivity index (χ1n) is 9.06. The molecule has 1 aliphatic carbocycles. The Morgan fingerprint density at radius 3 is 2.73 bits per heavy atom. The number of nitrogens with zero attached hydrogens (tertiary/aromatic N) is 2. The van der Waals surface area contributed by atoms with Crippen LogP contribution in [0.25, 0.3) is 0 Å². The minimum absolute atomic E-state index is 0.133. The van der Waals surface area contributed by atoms with E-state index in [4.69, 9.17) is 0 Å². The van der Waals surface area contributed by atoms with E-state index in [1.54, 1.807) is 23.9 Å². The largest absolute Gasteiger partial charge is 0.350 e. The molecule has 2 aromatic rings. The topological polar surface area (TPSA) is 46.9 Å². The first-order chi connectivity index (χ1) is 12.4. The number of nitrogens with one attached hydrogen (secondary N) is 1. The van der Waals surface area contributed by atoms with Crippen LogP contribution in [0.4, 0.5) is 4.39 Å². The average molecular weight is 376 g/mol. The van der Waals surface area contributed by atoms with Crippen molar-refractivity contribution in [2.75, 3.05) is 12.3 Å². The second-order valence-electron chi connectivity index (χ2n) is 7.71. The van der Waals surface area contributed by atoms with Crippen molar-refractivity contribution in [3.05, 3.63) is 53.1 Å². The smallest absolute Gasteiger partial charge is 0.271 e. The van der Waals surface area contributed by atoms with Crippen molar-refractivity contribution in [3.63, 3.8) is 0 Å². The molecule has 6 heteroatoms. The fourth-order valence-corrected chi connectivity index (χ4v) is 3.68. The number of carbonyl (C=O) groups is 1. The first-order valence-corrected chi connectivity index (χ1v) is 10.2. The van der Waals surface area contributed by atoms with E-state index in [-0.39, 0.29) is 17.3 Å². The quantitative estimate of drug-likeness (QED) is 0.733. The second kappa shape index (κ2) is 7.82. The van der Waals surface area contributed by atoms with E-state index in [0.717, 1.165) is 11.4 Å². The lowest BCUT2D eigenvalue weighted by Crippen LogP contribution is -2.28. The fourth-order valence-electron chi connectivity index (χ4n) is 2.84. The van der Waals surface area contributed by atoms with Gasteiger partial charge in [-0.1, -0.05) is 18.2 Å². The molecule has 0 saturated heterocycles. The SMILES string of the molecule is CC(C)(C)n1nc(C(=O)NCCSCc2ccccc2F)cc1C1CC1. The maximum atomic E-state index is 13.6. The summed E-state index contributed by atoms with van der Waals surface area (Å²) >= 11 is 1.60. The first kappa shape index (κ1) is 19.0. The number of thioether (sulfide) groups is 1. The van der Waals surface area contributed by atoms with Crippen molar-refractivity contribution >= 4 is 17.7 Å². The highest BCUT2D eigenvalue weighted by atomic mass is 32.2. The Labute approximate surface area is 158 Å². The Kier molecular flexibility index (Phi) is 5.70. The number of hydrogen-bond donors (Lipinski definition) is 1.